The molecule has 0 spiro atoms. The quantitative estimate of drug-likeness (QED) is 0.859. The first-order valence-electron chi connectivity index (χ1n) is 5.09. The third-order valence-corrected chi connectivity index (χ3v) is 3.38. The molecule has 18 heavy (non-hydrogen) atoms. The zero-order valence-corrected chi connectivity index (χ0v) is 12.6. The SMILES string of the molecule is COc1ccc(NC(=O)c2cc(Br)c[nH]2)cc1Br. The molecular formula is C12H10Br2N2O2. The van der Waals surface area contributed by atoms with Crippen molar-refractivity contribution < 1.29 is 9.53 Å². The Morgan fingerprint density at radius 3 is 2.67 bits per heavy atom. The number of ether oxygens (including phenoxy) is 1. The monoisotopic (exact) mass is 372 g/mol. The molecule has 0 saturated carbocycles. The maximum Gasteiger partial charge on any atom is 0.272 e. The van der Waals surface area contributed by atoms with Gasteiger partial charge in [-0.3, -0.25) is 4.79 Å². The number of nitrogens with one attached hydrogen (secondary N) is 2. The van der Waals surface area contributed by atoms with Gasteiger partial charge >= 0.3 is 0 Å². The van der Waals surface area contributed by atoms with Gasteiger partial charge in [0.2, 0.25) is 0 Å². The van der Waals surface area contributed by atoms with Crippen molar-refractivity contribution in [3.63, 3.8) is 0 Å². The number of hydrogen-bond donors (Lipinski definition) is 2. The van der Waals surface area contributed by atoms with E-state index in [0.717, 1.165) is 14.7 Å². The van der Waals surface area contributed by atoms with E-state index in [0.29, 0.717) is 11.4 Å². The zero-order chi connectivity index (χ0) is 13.1. The number of carbonyl (C=O) groups excluding carboxylic acids is 1. The van der Waals surface area contributed by atoms with Gasteiger partial charge in [0, 0.05) is 16.4 Å². The molecule has 2 rings (SSSR count). The van der Waals surface area contributed by atoms with E-state index >= 15 is 0 Å². The zero-order valence-electron chi connectivity index (χ0n) is 9.46. The molecule has 0 fully saturated rings. The standard InChI is InChI=1S/C12H10Br2N2O2/c1-18-11-3-2-8(5-9(11)14)16-12(17)10-4-7(13)6-15-10/h2-6,15H,1H3,(H,16,17). The van der Waals surface area contributed by atoms with Gasteiger partial charge in [0.1, 0.15) is 11.4 Å². The molecule has 0 aliphatic carbocycles. The number of methoxy groups -OCH3 is 1. The van der Waals surface area contributed by atoms with Gasteiger partial charge in [-0.05, 0) is 56.1 Å². The molecule has 1 amide bonds. The first-order chi connectivity index (χ1) is 8.60. The second kappa shape index (κ2) is 5.58. The lowest BCUT2D eigenvalue weighted by Gasteiger charge is -2.07. The predicted octanol–water partition coefficient (Wildman–Crippen LogP) is 3.80. The summed E-state index contributed by atoms with van der Waals surface area (Å²) in [5.41, 5.74) is 1.19. The molecule has 0 unspecified atom stereocenters. The number of rotatable bonds is 3. The van der Waals surface area contributed by atoms with Crippen LogP contribution >= 0.6 is 31.9 Å². The average Bonchev–Trinajstić information content (AvgIpc) is 2.76. The summed E-state index contributed by atoms with van der Waals surface area (Å²) < 4.78 is 6.75. The van der Waals surface area contributed by atoms with E-state index in [1.165, 1.54) is 0 Å². The number of anilines is 1. The maximum atomic E-state index is 11.9. The summed E-state index contributed by atoms with van der Waals surface area (Å²) in [5, 5.41) is 2.79. The van der Waals surface area contributed by atoms with Crippen LogP contribution in [0.3, 0.4) is 0 Å². The maximum absolute atomic E-state index is 11.9. The first-order valence-corrected chi connectivity index (χ1v) is 6.67. The summed E-state index contributed by atoms with van der Waals surface area (Å²) in [6.45, 7) is 0. The van der Waals surface area contributed by atoms with Crippen molar-refractivity contribution in [2.24, 2.45) is 0 Å². The van der Waals surface area contributed by atoms with E-state index in [-0.39, 0.29) is 5.91 Å². The molecule has 0 atom stereocenters. The smallest absolute Gasteiger partial charge is 0.272 e. The van der Waals surface area contributed by atoms with Crippen LogP contribution in [0.25, 0.3) is 0 Å². The van der Waals surface area contributed by atoms with Crippen molar-refractivity contribution in [1.29, 1.82) is 0 Å². The Hall–Kier alpha value is -1.27. The number of benzene rings is 1. The Morgan fingerprint density at radius 2 is 2.11 bits per heavy atom. The summed E-state index contributed by atoms with van der Waals surface area (Å²) in [7, 11) is 1.59. The van der Waals surface area contributed by atoms with Crippen LogP contribution in [0.15, 0.2) is 39.4 Å². The van der Waals surface area contributed by atoms with Gasteiger partial charge in [0.25, 0.3) is 5.91 Å². The molecule has 94 valence electrons. The Labute approximate surface area is 121 Å². The summed E-state index contributed by atoms with van der Waals surface area (Å²) >= 11 is 6.65. The molecule has 0 aliphatic heterocycles. The van der Waals surface area contributed by atoms with Gasteiger partial charge in [0.05, 0.1) is 11.6 Å². The fraction of sp³-hybridized carbons (Fsp3) is 0.0833. The molecule has 1 heterocycles. The van der Waals surface area contributed by atoms with Gasteiger partial charge in [-0.15, -0.1) is 0 Å². The molecule has 0 radical (unpaired) electrons. The van der Waals surface area contributed by atoms with E-state index in [1.54, 1.807) is 37.6 Å². The number of carbonyl (C=O) groups is 1. The van der Waals surface area contributed by atoms with Crippen LogP contribution in [0.4, 0.5) is 5.69 Å². The second-order valence-electron chi connectivity index (χ2n) is 3.54. The minimum atomic E-state index is -0.197. The molecule has 2 aromatic rings. The highest BCUT2D eigenvalue weighted by atomic mass is 79.9. The second-order valence-corrected chi connectivity index (χ2v) is 5.31. The molecular weight excluding hydrogens is 364 g/mol. The van der Waals surface area contributed by atoms with Gasteiger partial charge in [-0.2, -0.15) is 0 Å². The lowest BCUT2D eigenvalue weighted by molar-refractivity contribution is 0.102. The molecule has 0 saturated heterocycles. The van der Waals surface area contributed by atoms with Crippen LogP contribution < -0.4 is 10.1 Å². The Kier molecular flexibility index (Phi) is 4.08. The third kappa shape index (κ3) is 2.94. The van der Waals surface area contributed by atoms with Crippen molar-refractivity contribution >= 4 is 43.5 Å². The highest BCUT2D eigenvalue weighted by Gasteiger charge is 2.09. The van der Waals surface area contributed by atoms with E-state index in [4.69, 9.17) is 4.74 Å². The minimum Gasteiger partial charge on any atom is -0.496 e. The van der Waals surface area contributed by atoms with Crippen LogP contribution in [-0.4, -0.2) is 18.0 Å². The molecule has 6 heteroatoms. The van der Waals surface area contributed by atoms with Crippen LogP contribution in [0.2, 0.25) is 0 Å². The molecule has 0 aliphatic rings. The number of halogens is 2. The van der Waals surface area contributed by atoms with Crippen molar-refractivity contribution in [2.45, 2.75) is 0 Å². The van der Waals surface area contributed by atoms with Gasteiger partial charge < -0.3 is 15.0 Å². The van der Waals surface area contributed by atoms with E-state index in [1.807, 2.05) is 0 Å². The van der Waals surface area contributed by atoms with E-state index in [2.05, 4.69) is 42.2 Å². The highest BCUT2D eigenvalue weighted by Crippen LogP contribution is 2.27. The summed E-state index contributed by atoms with van der Waals surface area (Å²) in [6.07, 6.45) is 1.71. The normalized spacial score (nSPS) is 10.2. The summed E-state index contributed by atoms with van der Waals surface area (Å²) in [6, 6.07) is 7.06. The minimum absolute atomic E-state index is 0.197. The fourth-order valence-corrected chi connectivity index (χ4v) is 2.33. The van der Waals surface area contributed by atoms with Gasteiger partial charge in [0.15, 0.2) is 0 Å². The van der Waals surface area contributed by atoms with Gasteiger partial charge in [-0.25, -0.2) is 0 Å². The number of H-pyrrole nitrogens is 1. The number of aromatic nitrogens is 1. The van der Waals surface area contributed by atoms with Crippen LogP contribution in [0.5, 0.6) is 5.75 Å². The van der Waals surface area contributed by atoms with Crippen LogP contribution in [0.1, 0.15) is 10.5 Å². The predicted molar refractivity (Wildman–Crippen MR) is 77.1 cm³/mol. The third-order valence-electron chi connectivity index (χ3n) is 2.30. The van der Waals surface area contributed by atoms with Crippen LogP contribution in [-0.2, 0) is 0 Å². The number of aromatic amines is 1. The highest BCUT2D eigenvalue weighted by molar-refractivity contribution is 9.10. The summed E-state index contributed by atoms with van der Waals surface area (Å²) in [5.74, 6) is 0.522. The largest absolute Gasteiger partial charge is 0.496 e. The Morgan fingerprint density at radius 1 is 1.33 bits per heavy atom. The average molecular weight is 374 g/mol. The first kappa shape index (κ1) is 13.2. The Balaban J connectivity index is 2.14. The molecule has 2 N–H and O–H groups in total. The fourth-order valence-electron chi connectivity index (χ4n) is 1.44. The topological polar surface area (TPSA) is 54.1 Å². The number of hydrogen-bond acceptors (Lipinski definition) is 2. The van der Waals surface area contributed by atoms with Crippen molar-refractivity contribution in [3.05, 3.63) is 45.1 Å². The van der Waals surface area contributed by atoms with Crippen molar-refractivity contribution in [1.82, 2.24) is 4.98 Å². The van der Waals surface area contributed by atoms with Gasteiger partial charge in [-0.1, -0.05) is 0 Å². The summed E-state index contributed by atoms with van der Waals surface area (Å²) in [4.78, 5) is 14.8. The lowest BCUT2D eigenvalue weighted by atomic mass is 10.3. The van der Waals surface area contributed by atoms with Crippen LogP contribution in [0, 0.1) is 0 Å². The molecule has 1 aromatic carbocycles. The molecule has 4 nitrogen and oxygen atoms in total. The number of amides is 1. The molecule has 1 aromatic heterocycles. The van der Waals surface area contributed by atoms with E-state index in [9.17, 15) is 4.79 Å². The molecule has 0 bridgehead atoms. The lowest BCUT2D eigenvalue weighted by Crippen LogP contribution is -2.12. The Bertz CT molecular complexity index is 581. The van der Waals surface area contributed by atoms with Crippen molar-refractivity contribution in [2.75, 3.05) is 12.4 Å². The van der Waals surface area contributed by atoms with Crippen molar-refractivity contribution in [3.8, 4) is 5.75 Å². The van der Waals surface area contributed by atoms with E-state index < -0.39 is 0 Å².